The molecule has 1 aliphatic rings. The van der Waals surface area contributed by atoms with Gasteiger partial charge < -0.3 is 14.5 Å². The molecule has 0 spiro atoms. The topological polar surface area (TPSA) is 179 Å². The quantitative estimate of drug-likeness (QED) is 0.0890. The van der Waals surface area contributed by atoms with Crippen molar-refractivity contribution in [3.8, 4) is 5.75 Å². The number of amides is 2. The van der Waals surface area contributed by atoms with E-state index in [0.29, 0.717) is 60.1 Å². The summed E-state index contributed by atoms with van der Waals surface area (Å²) in [6.45, 7) is 2.15. The average molecular weight is 807 g/mol. The Labute approximate surface area is 334 Å². The molecule has 294 valence electrons. The average Bonchev–Trinajstić information content (AvgIpc) is 3.64. The van der Waals surface area contributed by atoms with Crippen molar-refractivity contribution < 1.29 is 28.0 Å². The van der Waals surface area contributed by atoms with Gasteiger partial charge in [-0.1, -0.05) is 53.8 Å². The Morgan fingerprint density at radius 1 is 0.982 bits per heavy atom. The van der Waals surface area contributed by atoms with E-state index >= 15 is 0 Å². The van der Waals surface area contributed by atoms with E-state index in [1.165, 1.54) is 29.5 Å². The second kappa shape index (κ2) is 17.5. The van der Waals surface area contributed by atoms with Crippen LogP contribution >= 0.6 is 11.3 Å². The van der Waals surface area contributed by atoms with Crippen molar-refractivity contribution in [2.75, 3.05) is 49.5 Å². The van der Waals surface area contributed by atoms with Gasteiger partial charge in [-0.25, -0.2) is 23.1 Å². The first-order valence-electron chi connectivity index (χ1n) is 18.3. The number of hydrogen-bond acceptors (Lipinski definition) is 13. The van der Waals surface area contributed by atoms with Crippen LogP contribution in [0.5, 0.6) is 5.75 Å². The van der Waals surface area contributed by atoms with Gasteiger partial charge in [0, 0.05) is 24.8 Å². The van der Waals surface area contributed by atoms with Crippen LogP contribution in [0.25, 0.3) is 10.2 Å². The predicted octanol–water partition coefficient (Wildman–Crippen LogP) is 6.01. The van der Waals surface area contributed by atoms with Gasteiger partial charge in [0.05, 0.1) is 28.1 Å². The summed E-state index contributed by atoms with van der Waals surface area (Å²) in [4.78, 5) is 43.8. The van der Waals surface area contributed by atoms with Crippen molar-refractivity contribution >= 4 is 60.0 Å². The van der Waals surface area contributed by atoms with Crippen LogP contribution in [-0.2, 0) is 29.4 Å². The Kier molecular flexibility index (Phi) is 12.0. The minimum absolute atomic E-state index is 0.0553. The van der Waals surface area contributed by atoms with Gasteiger partial charge in [0.15, 0.2) is 5.13 Å². The molecule has 0 bridgehead atoms. The fourth-order valence-corrected chi connectivity index (χ4v) is 8.49. The number of fused-ring (bicyclic) bond motifs is 2. The molecule has 6 aromatic rings. The molecule has 16 heteroatoms. The maximum absolute atomic E-state index is 13.5. The van der Waals surface area contributed by atoms with E-state index in [4.69, 9.17) is 4.74 Å². The van der Waals surface area contributed by atoms with Crippen LogP contribution in [0.15, 0.2) is 108 Å². The summed E-state index contributed by atoms with van der Waals surface area (Å²) in [6, 6.07) is 26.1. The second-order valence-corrected chi connectivity index (χ2v) is 16.7. The fourth-order valence-electron chi connectivity index (χ4n) is 6.68. The number of sulfonamides is 1. The van der Waals surface area contributed by atoms with Crippen LogP contribution < -0.4 is 25.2 Å². The number of pyridine rings is 2. The lowest BCUT2D eigenvalue weighted by atomic mass is 9.94. The molecule has 1 aliphatic heterocycles. The summed E-state index contributed by atoms with van der Waals surface area (Å²) in [5, 5.41) is 13.4. The number of thiazole rings is 1. The highest BCUT2D eigenvalue weighted by Gasteiger charge is 2.26. The maximum Gasteiger partial charge on any atom is 0.283 e. The first-order valence-corrected chi connectivity index (χ1v) is 20.6. The number of benzene rings is 3. The standard InChI is InChI=1S/C41H42N8O6S2/c1-48(2)20-17-27(26-55-30-9-4-3-5-10-30)22-29-14-15-31(23-35(29)46-52)57(53,54)47-40(51)34-12-7-13-38(43-34)49-21-18-28-8-6-11-32(33(28)25-49)39(50)45-41-44-36-24-42-19-16-37(36)56-41/h3-16,19,23-24,27,46,52H,17-18,20-22,25-26H2,1-2H3,(H,47,51)(H,44,45,50)/t27-/m0/s1. The minimum Gasteiger partial charge on any atom is -0.493 e. The number of anilines is 3. The van der Waals surface area contributed by atoms with E-state index < -0.39 is 15.9 Å². The van der Waals surface area contributed by atoms with Crippen LogP contribution in [0.1, 0.15) is 44.0 Å². The van der Waals surface area contributed by atoms with Crippen LogP contribution in [0.3, 0.4) is 0 Å². The molecular weight excluding hydrogens is 765 g/mol. The second-order valence-electron chi connectivity index (χ2n) is 14.0. The molecule has 4 heterocycles. The van der Waals surface area contributed by atoms with Crippen LogP contribution in [0.2, 0.25) is 0 Å². The Balaban J connectivity index is 1.03. The smallest absolute Gasteiger partial charge is 0.283 e. The molecule has 0 fully saturated rings. The van der Waals surface area contributed by atoms with Gasteiger partial charge in [-0.05, 0) is 111 Å². The normalized spacial score (nSPS) is 13.2. The Hall–Kier alpha value is -5.94. The molecule has 0 saturated heterocycles. The van der Waals surface area contributed by atoms with Crippen molar-refractivity contribution in [1.29, 1.82) is 0 Å². The van der Waals surface area contributed by atoms with Gasteiger partial charge in [0.1, 0.15) is 22.8 Å². The predicted molar refractivity (Wildman–Crippen MR) is 220 cm³/mol. The number of nitrogens with one attached hydrogen (secondary N) is 3. The molecular formula is C41H42N8O6S2. The monoisotopic (exact) mass is 806 g/mol. The number of aromatic nitrogens is 3. The summed E-state index contributed by atoms with van der Waals surface area (Å²) in [5.41, 5.74) is 5.99. The fraction of sp³-hybridized carbons (Fsp3) is 0.244. The highest BCUT2D eigenvalue weighted by atomic mass is 32.2. The van der Waals surface area contributed by atoms with E-state index in [1.807, 2.05) is 67.5 Å². The molecule has 0 aliphatic carbocycles. The van der Waals surface area contributed by atoms with Gasteiger partial charge in [-0.2, -0.15) is 0 Å². The van der Waals surface area contributed by atoms with Gasteiger partial charge in [-0.3, -0.25) is 30.6 Å². The lowest BCUT2D eigenvalue weighted by molar-refractivity contribution is 0.0975. The van der Waals surface area contributed by atoms with Crippen molar-refractivity contribution in [1.82, 2.24) is 24.6 Å². The number of nitrogens with zero attached hydrogens (tertiary/aromatic N) is 5. The number of carbonyl (C=O) groups is 2. The molecule has 4 N–H and O–H groups in total. The number of rotatable bonds is 15. The molecule has 7 rings (SSSR count). The third-order valence-corrected chi connectivity index (χ3v) is 12.0. The maximum atomic E-state index is 13.5. The van der Waals surface area contributed by atoms with Crippen LogP contribution in [0.4, 0.5) is 16.6 Å². The summed E-state index contributed by atoms with van der Waals surface area (Å²) >= 11 is 1.37. The Morgan fingerprint density at radius 3 is 2.60 bits per heavy atom. The van der Waals surface area contributed by atoms with Crippen molar-refractivity contribution in [2.24, 2.45) is 5.92 Å². The zero-order valence-corrected chi connectivity index (χ0v) is 33.0. The zero-order valence-electron chi connectivity index (χ0n) is 31.4. The van der Waals surface area contributed by atoms with E-state index in [1.54, 1.807) is 36.7 Å². The molecule has 3 aromatic heterocycles. The van der Waals surface area contributed by atoms with Crippen molar-refractivity contribution in [2.45, 2.75) is 30.7 Å². The van der Waals surface area contributed by atoms with Gasteiger partial charge in [-0.15, -0.1) is 0 Å². The highest BCUT2D eigenvalue weighted by molar-refractivity contribution is 7.90. The minimum atomic E-state index is -4.37. The van der Waals surface area contributed by atoms with Crippen LogP contribution in [0, 0.1) is 5.92 Å². The largest absolute Gasteiger partial charge is 0.493 e. The number of hydrogen-bond donors (Lipinski definition) is 4. The zero-order chi connectivity index (χ0) is 39.9. The lowest BCUT2D eigenvalue weighted by Crippen LogP contribution is -2.34. The van der Waals surface area contributed by atoms with E-state index in [9.17, 15) is 23.2 Å². The van der Waals surface area contributed by atoms with Crippen molar-refractivity contribution in [3.05, 3.63) is 131 Å². The molecule has 0 radical (unpaired) electrons. The molecule has 0 unspecified atom stereocenters. The third kappa shape index (κ3) is 9.55. The Morgan fingerprint density at radius 2 is 1.81 bits per heavy atom. The van der Waals surface area contributed by atoms with Gasteiger partial charge in [0.25, 0.3) is 21.8 Å². The van der Waals surface area contributed by atoms with E-state index in [2.05, 4.69) is 35.4 Å². The molecule has 14 nitrogen and oxygen atoms in total. The van der Waals surface area contributed by atoms with Gasteiger partial charge in [0.2, 0.25) is 0 Å². The molecule has 57 heavy (non-hydrogen) atoms. The van der Waals surface area contributed by atoms with Gasteiger partial charge >= 0.3 is 0 Å². The summed E-state index contributed by atoms with van der Waals surface area (Å²) in [6.07, 6.45) is 5.26. The van der Waals surface area contributed by atoms with E-state index in [0.717, 1.165) is 34.5 Å². The van der Waals surface area contributed by atoms with Crippen molar-refractivity contribution in [3.63, 3.8) is 0 Å². The summed E-state index contributed by atoms with van der Waals surface area (Å²) in [5.74, 6) is 0.0569. The first-order chi connectivity index (χ1) is 27.6. The number of para-hydroxylation sites is 1. The SMILES string of the molecule is CN(C)CC[C@H](COc1ccccc1)Cc1ccc(S(=O)(=O)NC(=O)c2cccc(N3CCc4cccc(C(=O)Nc5nc6cnccc6s5)c4C3)n2)cc1NO. The molecule has 3 aromatic carbocycles. The molecule has 1 atom stereocenters. The molecule has 0 saturated carbocycles. The third-order valence-electron chi connectivity index (χ3n) is 9.68. The molecule has 2 amide bonds. The summed E-state index contributed by atoms with van der Waals surface area (Å²) in [7, 11) is -0.386. The number of ether oxygens (including phenoxy) is 1. The Bertz CT molecular complexity index is 2460. The van der Waals surface area contributed by atoms with E-state index in [-0.39, 0.29) is 28.1 Å². The highest BCUT2D eigenvalue weighted by Crippen LogP contribution is 2.30. The summed E-state index contributed by atoms with van der Waals surface area (Å²) < 4.78 is 36.1. The van der Waals surface area contributed by atoms with Crippen LogP contribution in [-0.4, -0.2) is 79.1 Å². The lowest BCUT2D eigenvalue weighted by Gasteiger charge is -2.31. The number of carbonyl (C=O) groups excluding carboxylic acids is 2. The first kappa shape index (κ1) is 39.3.